The lowest BCUT2D eigenvalue weighted by atomic mass is 10.1. The highest BCUT2D eigenvalue weighted by molar-refractivity contribution is 5.77. The van der Waals surface area contributed by atoms with Crippen molar-refractivity contribution < 1.29 is 9.53 Å². The van der Waals surface area contributed by atoms with Crippen LogP contribution < -0.4 is 5.32 Å². The van der Waals surface area contributed by atoms with E-state index in [0.717, 1.165) is 18.5 Å². The third kappa shape index (κ3) is 3.63. The molecule has 0 saturated carbocycles. The molecule has 21 heavy (non-hydrogen) atoms. The minimum absolute atomic E-state index is 0.00422. The lowest BCUT2D eigenvalue weighted by Gasteiger charge is -2.37. The Labute approximate surface area is 126 Å². The van der Waals surface area contributed by atoms with E-state index in [-0.39, 0.29) is 18.1 Å². The number of morpholine rings is 1. The lowest BCUT2D eigenvalue weighted by Crippen LogP contribution is -2.47. The van der Waals surface area contributed by atoms with E-state index in [2.05, 4.69) is 17.4 Å². The first-order valence-corrected chi connectivity index (χ1v) is 7.94. The van der Waals surface area contributed by atoms with E-state index < -0.39 is 0 Å². The van der Waals surface area contributed by atoms with Gasteiger partial charge in [0.1, 0.15) is 6.10 Å². The molecule has 1 aromatic carbocycles. The van der Waals surface area contributed by atoms with Crippen LogP contribution in [0.15, 0.2) is 30.3 Å². The number of carbonyl (C=O) groups excluding carboxylic acids is 1. The molecule has 2 aliphatic rings. The fraction of sp³-hybridized carbons (Fsp3) is 0.588. The number of hydrogen-bond acceptors (Lipinski definition) is 3. The van der Waals surface area contributed by atoms with Crippen molar-refractivity contribution in [3.8, 4) is 0 Å². The highest BCUT2D eigenvalue weighted by Crippen LogP contribution is 2.25. The predicted octanol–water partition coefficient (Wildman–Crippen LogP) is 2.12. The smallest absolute Gasteiger partial charge is 0.224 e. The summed E-state index contributed by atoms with van der Waals surface area (Å²) >= 11 is 0. The van der Waals surface area contributed by atoms with Gasteiger partial charge in [0, 0.05) is 19.0 Å². The van der Waals surface area contributed by atoms with Gasteiger partial charge in [-0.3, -0.25) is 4.79 Å². The number of rotatable bonds is 3. The van der Waals surface area contributed by atoms with Gasteiger partial charge in [-0.2, -0.15) is 0 Å². The summed E-state index contributed by atoms with van der Waals surface area (Å²) in [5.41, 5.74) is 1.15. The monoisotopic (exact) mass is 288 g/mol. The number of nitrogens with zero attached hydrogens (tertiary/aromatic N) is 1. The van der Waals surface area contributed by atoms with Crippen LogP contribution in [0.2, 0.25) is 0 Å². The maximum Gasteiger partial charge on any atom is 0.224 e. The molecule has 3 rings (SSSR count). The number of nitrogens with one attached hydrogen (secondary N) is 1. The average molecular weight is 288 g/mol. The number of benzene rings is 1. The molecule has 1 N–H and O–H groups in total. The first-order chi connectivity index (χ1) is 10.2. The van der Waals surface area contributed by atoms with Crippen LogP contribution >= 0.6 is 0 Å². The number of carbonyl (C=O) groups is 1. The Kier molecular flexibility index (Phi) is 4.56. The van der Waals surface area contributed by atoms with Gasteiger partial charge in [-0.25, -0.2) is 0 Å². The molecule has 2 heterocycles. The molecular weight excluding hydrogens is 264 g/mol. The first kappa shape index (κ1) is 14.5. The Balaban J connectivity index is 1.63. The van der Waals surface area contributed by atoms with Crippen LogP contribution in [0.4, 0.5) is 0 Å². The number of ether oxygens (including phenoxy) is 1. The molecule has 0 spiro atoms. The second kappa shape index (κ2) is 6.58. The van der Waals surface area contributed by atoms with Crippen LogP contribution in [0.5, 0.6) is 0 Å². The standard InChI is InChI=1S/C17H24N2O2/c1-13-11-19(17(20)10-15-8-5-9-18-15)12-16(21-13)14-6-3-2-4-7-14/h2-4,6-7,13,15-16,18H,5,8-12H2,1H3. The maximum atomic E-state index is 12.5. The summed E-state index contributed by atoms with van der Waals surface area (Å²) in [5.74, 6) is 0.255. The lowest BCUT2D eigenvalue weighted by molar-refractivity contribution is -0.145. The molecule has 114 valence electrons. The van der Waals surface area contributed by atoms with Crippen molar-refractivity contribution in [3.05, 3.63) is 35.9 Å². The summed E-state index contributed by atoms with van der Waals surface area (Å²) in [5, 5.41) is 3.40. The maximum absolute atomic E-state index is 12.5. The first-order valence-electron chi connectivity index (χ1n) is 7.94. The highest BCUT2D eigenvalue weighted by Gasteiger charge is 2.30. The van der Waals surface area contributed by atoms with Crippen LogP contribution in [0.1, 0.15) is 37.9 Å². The van der Waals surface area contributed by atoms with Crippen LogP contribution in [0.25, 0.3) is 0 Å². The van der Waals surface area contributed by atoms with Gasteiger partial charge in [0.05, 0.1) is 12.6 Å². The van der Waals surface area contributed by atoms with Gasteiger partial charge in [0.2, 0.25) is 5.91 Å². The minimum atomic E-state index is -0.00422. The topological polar surface area (TPSA) is 41.6 Å². The summed E-state index contributed by atoms with van der Waals surface area (Å²) in [4.78, 5) is 14.5. The fourth-order valence-electron chi connectivity index (χ4n) is 3.28. The summed E-state index contributed by atoms with van der Waals surface area (Å²) in [6, 6.07) is 10.6. The van der Waals surface area contributed by atoms with E-state index in [0.29, 0.717) is 25.6 Å². The zero-order valence-electron chi connectivity index (χ0n) is 12.6. The molecule has 4 heteroatoms. The van der Waals surface area contributed by atoms with Crippen molar-refractivity contribution in [1.82, 2.24) is 10.2 Å². The van der Waals surface area contributed by atoms with Gasteiger partial charge < -0.3 is 15.0 Å². The van der Waals surface area contributed by atoms with E-state index in [4.69, 9.17) is 4.74 Å². The molecule has 0 aliphatic carbocycles. The molecule has 3 atom stereocenters. The van der Waals surface area contributed by atoms with E-state index >= 15 is 0 Å². The van der Waals surface area contributed by atoms with E-state index in [1.54, 1.807) is 0 Å². The van der Waals surface area contributed by atoms with Gasteiger partial charge >= 0.3 is 0 Å². The Morgan fingerprint density at radius 2 is 2.14 bits per heavy atom. The molecule has 2 fully saturated rings. The largest absolute Gasteiger partial charge is 0.367 e. The molecule has 2 saturated heterocycles. The van der Waals surface area contributed by atoms with Gasteiger partial charge in [0.15, 0.2) is 0 Å². The van der Waals surface area contributed by atoms with Crippen molar-refractivity contribution in [3.63, 3.8) is 0 Å². The molecular formula is C17H24N2O2. The molecule has 0 aromatic heterocycles. The second-order valence-electron chi connectivity index (χ2n) is 6.14. The molecule has 1 amide bonds. The van der Waals surface area contributed by atoms with Crippen molar-refractivity contribution in [2.24, 2.45) is 0 Å². The Morgan fingerprint density at radius 3 is 2.86 bits per heavy atom. The quantitative estimate of drug-likeness (QED) is 0.926. The third-order valence-electron chi connectivity index (χ3n) is 4.37. The van der Waals surface area contributed by atoms with Crippen LogP contribution in [-0.4, -0.2) is 42.6 Å². The summed E-state index contributed by atoms with van der Waals surface area (Å²) in [6.45, 7) is 4.46. The average Bonchev–Trinajstić information content (AvgIpc) is 3.00. The fourth-order valence-corrected chi connectivity index (χ4v) is 3.28. The number of amides is 1. The molecule has 3 unspecified atom stereocenters. The zero-order valence-corrected chi connectivity index (χ0v) is 12.6. The van der Waals surface area contributed by atoms with Gasteiger partial charge in [0.25, 0.3) is 0 Å². The Morgan fingerprint density at radius 1 is 1.33 bits per heavy atom. The summed E-state index contributed by atoms with van der Waals surface area (Å²) < 4.78 is 6.01. The van der Waals surface area contributed by atoms with Crippen LogP contribution in [0.3, 0.4) is 0 Å². The minimum Gasteiger partial charge on any atom is -0.367 e. The normalized spacial score (nSPS) is 29.6. The SMILES string of the molecule is CC1CN(C(=O)CC2CCCN2)CC(c2ccccc2)O1. The summed E-state index contributed by atoms with van der Waals surface area (Å²) in [7, 11) is 0. The Bertz CT molecular complexity index is 471. The predicted molar refractivity (Wildman–Crippen MR) is 82.0 cm³/mol. The van der Waals surface area contributed by atoms with Crippen molar-refractivity contribution >= 4 is 5.91 Å². The molecule has 2 aliphatic heterocycles. The second-order valence-corrected chi connectivity index (χ2v) is 6.14. The van der Waals surface area contributed by atoms with Crippen molar-refractivity contribution in [2.75, 3.05) is 19.6 Å². The Hall–Kier alpha value is -1.39. The van der Waals surface area contributed by atoms with E-state index in [9.17, 15) is 4.79 Å². The number of hydrogen-bond donors (Lipinski definition) is 1. The molecule has 0 radical (unpaired) electrons. The van der Waals surface area contributed by atoms with Crippen molar-refractivity contribution in [1.29, 1.82) is 0 Å². The van der Waals surface area contributed by atoms with Crippen molar-refractivity contribution in [2.45, 2.75) is 44.4 Å². The van der Waals surface area contributed by atoms with Gasteiger partial charge in [-0.15, -0.1) is 0 Å². The van der Waals surface area contributed by atoms with Crippen LogP contribution in [-0.2, 0) is 9.53 Å². The highest BCUT2D eigenvalue weighted by atomic mass is 16.5. The molecule has 4 nitrogen and oxygen atoms in total. The summed E-state index contributed by atoms with van der Waals surface area (Å²) in [6.07, 6.45) is 3.01. The van der Waals surface area contributed by atoms with E-state index in [1.807, 2.05) is 30.0 Å². The molecule has 0 bridgehead atoms. The zero-order chi connectivity index (χ0) is 14.7. The van der Waals surface area contributed by atoms with Crippen LogP contribution in [0, 0.1) is 0 Å². The van der Waals surface area contributed by atoms with E-state index in [1.165, 1.54) is 6.42 Å². The van der Waals surface area contributed by atoms with Gasteiger partial charge in [-0.05, 0) is 31.9 Å². The molecule has 1 aromatic rings. The van der Waals surface area contributed by atoms with Gasteiger partial charge in [-0.1, -0.05) is 30.3 Å². The third-order valence-corrected chi connectivity index (χ3v) is 4.37.